The number of aryl methyl sites for hydroxylation is 1. The van der Waals surface area contributed by atoms with Crippen molar-refractivity contribution >= 4 is 60.2 Å². The van der Waals surface area contributed by atoms with Crippen molar-refractivity contribution in [3.8, 4) is 11.3 Å². The summed E-state index contributed by atoms with van der Waals surface area (Å²) in [5.41, 5.74) is 4.70. The van der Waals surface area contributed by atoms with Crippen LogP contribution in [0.15, 0.2) is 62.7 Å². The molecule has 0 aliphatic rings. The number of carbonyl (C=O) groups excluding carboxylic acids is 1. The van der Waals surface area contributed by atoms with Gasteiger partial charge in [-0.1, -0.05) is 73.4 Å². The molecule has 0 aliphatic heterocycles. The predicted molar refractivity (Wildman–Crippen MR) is 195 cm³/mol. The fourth-order valence-electron chi connectivity index (χ4n) is 5.89. The summed E-state index contributed by atoms with van der Waals surface area (Å²) in [7, 11) is 0. The molecule has 8 heteroatoms. The SMILES string of the molecule is CCC(C)(CC)C(=O)/C=C(\O)C(C)(CC)CC.Cc1cc2c(ccc3c2oc2ncnc(-c4[c-]c5ccsc5c(C(C)(C)C)c4)c23)o1.[Ir]. The molecule has 6 aromatic rings. The summed E-state index contributed by atoms with van der Waals surface area (Å²) in [6.45, 7) is 20.8. The Morgan fingerprint density at radius 3 is 2.21 bits per heavy atom. The molecule has 0 bridgehead atoms. The zero-order valence-electron chi connectivity index (χ0n) is 29.8. The number of fused-ring (bicyclic) bond motifs is 6. The summed E-state index contributed by atoms with van der Waals surface area (Å²) in [6, 6.07) is 14.0. The molecule has 0 unspecified atom stereocenters. The molecule has 0 spiro atoms. The summed E-state index contributed by atoms with van der Waals surface area (Å²) in [6.07, 6.45) is 6.32. The van der Waals surface area contributed by atoms with Crippen LogP contribution in [-0.4, -0.2) is 20.9 Å². The van der Waals surface area contributed by atoms with Gasteiger partial charge in [-0.3, -0.25) is 9.78 Å². The molecule has 0 saturated heterocycles. The Morgan fingerprint density at radius 2 is 1.58 bits per heavy atom. The first kappa shape index (κ1) is 37.5. The van der Waals surface area contributed by atoms with E-state index in [0.717, 1.165) is 75.4 Å². The molecule has 1 radical (unpaired) electrons. The van der Waals surface area contributed by atoms with Gasteiger partial charge in [0.05, 0.1) is 5.39 Å². The van der Waals surface area contributed by atoms with E-state index in [1.54, 1.807) is 17.7 Å². The Morgan fingerprint density at radius 1 is 0.917 bits per heavy atom. The quantitative estimate of drug-likeness (QED) is 0.0932. The topological polar surface area (TPSA) is 89.4 Å². The first-order valence-electron chi connectivity index (χ1n) is 16.7. The van der Waals surface area contributed by atoms with Gasteiger partial charge in [0, 0.05) is 53.5 Å². The van der Waals surface area contributed by atoms with E-state index < -0.39 is 0 Å². The van der Waals surface area contributed by atoms with Gasteiger partial charge in [-0.05, 0) is 66.3 Å². The number of thiophene rings is 1. The first-order valence-corrected chi connectivity index (χ1v) is 17.5. The van der Waals surface area contributed by atoms with Crippen molar-refractivity contribution < 1.29 is 38.8 Å². The standard InChI is InChI=1S/C25H19N2O2S.C15H28O2.Ir/c1-13-9-17-19(28-13)6-5-16-20-21(26-12-27-24(20)29-22(16)17)15-10-14-7-8-30-23(14)18(11-15)25(2,3)4;1-7-14(5,8-2)12(16)11-13(17)15(6,9-3)10-4;/h5-9,11-12H,1-4H3;11,16H,7-10H2,1-6H3;/q-1;;/b;12-11-;. The van der Waals surface area contributed by atoms with Crippen LogP contribution >= 0.6 is 11.3 Å². The van der Waals surface area contributed by atoms with Gasteiger partial charge in [0.25, 0.3) is 0 Å². The fourth-order valence-corrected chi connectivity index (χ4v) is 6.96. The summed E-state index contributed by atoms with van der Waals surface area (Å²) in [5, 5.41) is 16.2. The molecule has 0 atom stereocenters. The number of rotatable bonds is 8. The predicted octanol–water partition coefficient (Wildman–Crippen LogP) is 12.1. The molecule has 4 heterocycles. The fraction of sp³-hybridized carbons (Fsp3) is 0.425. The molecule has 4 aromatic heterocycles. The molecule has 0 saturated carbocycles. The number of aromatic nitrogens is 2. The van der Waals surface area contributed by atoms with Crippen LogP contribution in [0.1, 0.15) is 99.3 Å². The molecule has 48 heavy (non-hydrogen) atoms. The largest absolute Gasteiger partial charge is 0.512 e. The summed E-state index contributed by atoms with van der Waals surface area (Å²) in [5.74, 6) is 1.14. The molecular formula is C40H47IrN2O4S-. The summed E-state index contributed by atoms with van der Waals surface area (Å²) >= 11 is 1.76. The van der Waals surface area contributed by atoms with Crippen LogP contribution in [0.2, 0.25) is 0 Å². The number of hydrogen-bond acceptors (Lipinski definition) is 7. The molecule has 1 N–H and O–H groups in total. The van der Waals surface area contributed by atoms with Crippen molar-refractivity contribution in [2.24, 2.45) is 10.8 Å². The third kappa shape index (κ3) is 6.90. The average molecular weight is 844 g/mol. The normalized spacial score (nSPS) is 12.8. The van der Waals surface area contributed by atoms with E-state index in [0.29, 0.717) is 5.71 Å². The number of allylic oxidation sites excluding steroid dienone is 2. The van der Waals surface area contributed by atoms with E-state index in [-0.39, 0.29) is 47.9 Å². The average Bonchev–Trinajstić information content (AvgIpc) is 3.79. The molecule has 2 aromatic carbocycles. The smallest absolute Gasteiger partial charge is 0.223 e. The van der Waals surface area contributed by atoms with Gasteiger partial charge in [-0.2, -0.15) is 11.3 Å². The minimum Gasteiger partial charge on any atom is -0.512 e. The van der Waals surface area contributed by atoms with Gasteiger partial charge >= 0.3 is 0 Å². The Bertz CT molecular complexity index is 2100. The van der Waals surface area contributed by atoms with Crippen LogP contribution < -0.4 is 0 Å². The van der Waals surface area contributed by atoms with Crippen LogP contribution in [0.25, 0.3) is 54.4 Å². The second-order valence-electron chi connectivity index (χ2n) is 14.2. The number of benzene rings is 2. The number of furan rings is 2. The minimum atomic E-state index is -0.337. The van der Waals surface area contributed by atoms with Crippen molar-refractivity contribution in [2.45, 2.75) is 100 Å². The molecule has 0 fully saturated rings. The van der Waals surface area contributed by atoms with Crippen molar-refractivity contribution in [3.05, 3.63) is 71.3 Å². The Kier molecular flexibility index (Phi) is 11.1. The Labute approximate surface area is 301 Å². The van der Waals surface area contributed by atoms with Gasteiger partial charge in [0.2, 0.25) is 5.71 Å². The number of aliphatic hydroxyl groups is 1. The molecule has 257 valence electrons. The second-order valence-corrected chi connectivity index (χ2v) is 15.1. The van der Waals surface area contributed by atoms with E-state index in [9.17, 15) is 9.90 Å². The van der Waals surface area contributed by atoms with Crippen molar-refractivity contribution in [3.63, 3.8) is 0 Å². The van der Waals surface area contributed by atoms with Crippen LogP contribution in [0, 0.1) is 23.8 Å². The Balaban J connectivity index is 0.000000251. The molecule has 6 nitrogen and oxygen atoms in total. The number of aliphatic hydroxyl groups excluding tert-OH is 1. The number of nitrogens with zero attached hydrogens (tertiary/aromatic N) is 2. The maximum Gasteiger partial charge on any atom is 0.223 e. The molecular weight excluding hydrogens is 797 g/mol. The van der Waals surface area contributed by atoms with Crippen molar-refractivity contribution in [1.29, 1.82) is 0 Å². The van der Waals surface area contributed by atoms with E-state index in [1.807, 2.05) is 66.7 Å². The van der Waals surface area contributed by atoms with Gasteiger partial charge < -0.3 is 13.9 Å². The zero-order valence-corrected chi connectivity index (χ0v) is 33.0. The summed E-state index contributed by atoms with van der Waals surface area (Å²) in [4.78, 5) is 21.3. The summed E-state index contributed by atoms with van der Waals surface area (Å²) < 4.78 is 13.2. The van der Waals surface area contributed by atoms with E-state index in [1.165, 1.54) is 16.3 Å². The zero-order chi connectivity index (χ0) is 34.3. The van der Waals surface area contributed by atoms with Crippen molar-refractivity contribution in [1.82, 2.24) is 9.97 Å². The minimum absolute atomic E-state index is 0. The van der Waals surface area contributed by atoms with E-state index in [2.05, 4.69) is 54.3 Å². The molecule has 6 rings (SSSR count). The van der Waals surface area contributed by atoms with E-state index >= 15 is 0 Å². The van der Waals surface area contributed by atoms with Crippen LogP contribution in [0.5, 0.6) is 0 Å². The van der Waals surface area contributed by atoms with Gasteiger partial charge in [0.15, 0.2) is 5.78 Å². The van der Waals surface area contributed by atoms with Crippen molar-refractivity contribution in [2.75, 3.05) is 0 Å². The second kappa shape index (κ2) is 14.3. The molecule has 0 amide bonds. The Hall–Kier alpha value is -3.32. The first-order chi connectivity index (χ1) is 22.2. The van der Waals surface area contributed by atoms with Crippen LogP contribution in [-0.2, 0) is 30.3 Å². The maximum absolute atomic E-state index is 12.2. The monoisotopic (exact) mass is 844 g/mol. The third-order valence-electron chi connectivity index (χ3n) is 10.2. The van der Waals surface area contributed by atoms with Gasteiger partial charge in [-0.15, -0.1) is 23.6 Å². The molecule has 0 aliphatic carbocycles. The van der Waals surface area contributed by atoms with Gasteiger partial charge in [0.1, 0.15) is 29.0 Å². The van der Waals surface area contributed by atoms with Gasteiger partial charge in [-0.25, -0.2) is 4.98 Å². The maximum atomic E-state index is 12.2. The van der Waals surface area contributed by atoms with Crippen LogP contribution in [0.4, 0.5) is 0 Å². The number of ketones is 1. The van der Waals surface area contributed by atoms with Crippen LogP contribution in [0.3, 0.4) is 0 Å². The number of carbonyl (C=O) groups is 1. The third-order valence-corrected chi connectivity index (χ3v) is 11.1. The van der Waals surface area contributed by atoms with E-state index in [4.69, 9.17) is 8.83 Å². The number of hydrogen-bond donors (Lipinski definition) is 1.